The van der Waals surface area contributed by atoms with Crippen molar-refractivity contribution in [1.29, 1.82) is 0 Å². The molecule has 2 bridgehead atoms. The number of ketones is 1. The summed E-state index contributed by atoms with van der Waals surface area (Å²) < 4.78 is 0. The maximum atomic E-state index is 15.9. The molecule has 0 aliphatic heterocycles. The van der Waals surface area contributed by atoms with Crippen LogP contribution in [-0.4, -0.2) is 62.3 Å². The Labute approximate surface area is 315 Å². The molecule has 6 nitrogen and oxygen atoms in total. The van der Waals surface area contributed by atoms with E-state index in [2.05, 4.69) is 75.4 Å². The molecule has 2 spiro atoms. The van der Waals surface area contributed by atoms with Crippen molar-refractivity contribution in [1.82, 2.24) is 0 Å². The third-order valence-electron chi connectivity index (χ3n) is 19.4. The highest BCUT2D eigenvalue weighted by Gasteiger charge is 2.81. The second-order valence-corrected chi connectivity index (χ2v) is 21.3. The van der Waals surface area contributed by atoms with Crippen LogP contribution in [0.25, 0.3) is 12.2 Å². The van der Waals surface area contributed by atoms with Gasteiger partial charge in [-0.25, -0.2) is 0 Å². The Hall–Kier alpha value is -2.09. The van der Waals surface area contributed by atoms with Gasteiger partial charge >= 0.3 is 0 Å². The van der Waals surface area contributed by atoms with Gasteiger partial charge in [-0.1, -0.05) is 88.3 Å². The highest BCUT2D eigenvalue weighted by molar-refractivity contribution is 5.96. The van der Waals surface area contributed by atoms with Crippen molar-refractivity contribution in [2.24, 2.45) is 73.4 Å². The van der Waals surface area contributed by atoms with E-state index in [1.54, 1.807) is 0 Å². The molecule has 0 amide bonds. The first kappa shape index (κ1) is 35.3. The Balaban J connectivity index is 1.24. The van der Waals surface area contributed by atoms with Gasteiger partial charge in [0.05, 0.1) is 31.0 Å². The van der Waals surface area contributed by atoms with Gasteiger partial charge in [0.2, 0.25) is 0 Å². The summed E-state index contributed by atoms with van der Waals surface area (Å²) in [6, 6.07) is 8.58. The van der Waals surface area contributed by atoms with Gasteiger partial charge in [0.1, 0.15) is 0 Å². The van der Waals surface area contributed by atoms with E-state index in [9.17, 15) is 25.5 Å². The molecule has 1 aromatic carbocycles. The monoisotopic (exact) mass is 722 g/mol. The van der Waals surface area contributed by atoms with E-state index in [1.165, 1.54) is 16.0 Å². The maximum Gasteiger partial charge on any atom is 0.159 e. The number of benzene rings is 1. The largest absolute Gasteiger partial charge is 0.396 e. The minimum absolute atomic E-state index is 0.0105. The summed E-state index contributed by atoms with van der Waals surface area (Å²) in [5, 5.41) is 62.1. The molecule has 9 aliphatic carbocycles. The molecular weight excluding hydrogens is 661 g/mol. The van der Waals surface area contributed by atoms with Crippen LogP contribution in [0.1, 0.15) is 105 Å². The fraction of sp³-hybridized carbons (Fsp3) is 0.723. The fourth-order valence-electron chi connectivity index (χ4n) is 17.7. The van der Waals surface area contributed by atoms with Gasteiger partial charge in [0, 0.05) is 16.7 Å². The van der Waals surface area contributed by atoms with Crippen molar-refractivity contribution >= 4 is 17.9 Å². The molecule has 15 atom stereocenters. The standard InChI is InChI=1S/C47H62O6/c1-40(2)23-34-33-22-35(50)39-43(41(33,3)26-45(53)18-12-31-10-7-15-44(31,25-40)47(34,45)27-49)16-11-30-20-28-8-5-6-9-29(28)21-32(30)46(39)19-14-37(51)42(4,38(52)24-48)36(46)13-17-43/h5-6,8-9,12,18,20-22,30-32,34,36-39,48-49,51-53H,7,10-11,13-17,19,23-27H2,1-4H3. The molecule has 9 aliphatic rings. The van der Waals surface area contributed by atoms with Crippen LogP contribution in [0.2, 0.25) is 0 Å². The molecule has 286 valence electrons. The molecular formula is C47H62O6. The van der Waals surface area contributed by atoms with Crippen molar-refractivity contribution in [3.8, 4) is 0 Å². The topological polar surface area (TPSA) is 118 Å². The molecule has 5 N–H and O–H groups in total. The molecule has 0 saturated heterocycles. The van der Waals surface area contributed by atoms with E-state index < -0.39 is 51.5 Å². The molecule has 0 aromatic heterocycles. The predicted molar refractivity (Wildman–Crippen MR) is 204 cm³/mol. The van der Waals surface area contributed by atoms with Crippen LogP contribution in [0.3, 0.4) is 0 Å². The normalized spacial score (nSPS) is 53.0. The Kier molecular flexibility index (Phi) is 7.23. The first-order valence-corrected chi connectivity index (χ1v) is 21.2. The number of aliphatic hydroxyl groups excluding tert-OH is 4. The highest BCUT2D eigenvalue weighted by atomic mass is 16.3. The van der Waals surface area contributed by atoms with Crippen LogP contribution < -0.4 is 10.4 Å². The summed E-state index contributed by atoms with van der Waals surface area (Å²) in [4.78, 5) is 15.9. The van der Waals surface area contributed by atoms with Gasteiger partial charge in [0.15, 0.2) is 5.78 Å². The predicted octanol–water partition coefficient (Wildman–Crippen LogP) is 5.22. The summed E-state index contributed by atoms with van der Waals surface area (Å²) in [5.74, 6) is 0.0856. The summed E-state index contributed by atoms with van der Waals surface area (Å²) >= 11 is 0. The molecule has 1 aromatic rings. The van der Waals surface area contributed by atoms with E-state index in [0.29, 0.717) is 25.2 Å². The highest BCUT2D eigenvalue weighted by Crippen LogP contribution is 2.84. The number of aliphatic hydroxyl groups is 5. The van der Waals surface area contributed by atoms with Crippen LogP contribution in [-0.2, 0) is 4.79 Å². The summed E-state index contributed by atoms with van der Waals surface area (Å²) in [5.41, 5.74) is -3.47. The SMILES string of the molecule is CC1(C)CC2C3=CC(=O)C4C56CCC(O)C(C)(C(O)CO)C5CCC4(CCC4C=c5ccccc5=CC46)C3(C)CC3(O)C=CC4CCCC4(C1)C23CO. The van der Waals surface area contributed by atoms with Crippen LogP contribution in [0.5, 0.6) is 0 Å². The zero-order chi connectivity index (χ0) is 37.2. The van der Waals surface area contributed by atoms with Crippen molar-refractivity contribution in [2.45, 2.75) is 123 Å². The van der Waals surface area contributed by atoms with Crippen molar-refractivity contribution in [3.63, 3.8) is 0 Å². The second kappa shape index (κ2) is 10.8. The van der Waals surface area contributed by atoms with Crippen LogP contribution in [0.4, 0.5) is 0 Å². The van der Waals surface area contributed by atoms with Gasteiger partial charge in [0.25, 0.3) is 0 Å². The minimum Gasteiger partial charge on any atom is -0.396 e. The first-order valence-electron chi connectivity index (χ1n) is 21.2. The molecule has 6 heteroatoms. The second-order valence-electron chi connectivity index (χ2n) is 21.3. The van der Waals surface area contributed by atoms with Crippen molar-refractivity contribution in [2.75, 3.05) is 13.2 Å². The molecule has 6 fully saturated rings. The van der Waals surface area contributed by atoms with E-state index in [4.69, 9.17) is 0 Å². The third kappa shape index (κ3) is 3.83. The van der Waals surface area contributed by atoms with Crippen molar-refractivity contribution in [3.05, 3.63) is 58.5 Å². The zero-order valence-electron chi connectivity index (χ0n) is 32.4. The molecule has 53 heavy (non-hydrogen) atoms. The van der Waals surface area contributed by atoms with Crippen LogP contribution in [0.15, 0.2) is 48.1 Å². The van der Waals surface area contributed by atoms with Crippen molar-refractivity contribution < 1.29 is 30.3 Å². The lowest BCUT2D eigenvalue weighted by Crippen LogP contribution is -2.77. The molecule has 10 rings (SSSR count). The quantitative estimate of drug-likeness (QED) is 0.273. The Morgan fingerprint density at radius 2 is 1.62 bits per heavy atom. The zero-order valence-corrected chi connectivity index (χ0v) is 32.4. The first-order chi connectivity index (χ1) is 25.1. The number of carbonyl (C=O) groups is 1. The lowest BCUT2D eigenvalue weighted by Gasteiger charge is -2.77. The number of hydrogen-bond donors (Lipinski definition) is 5. The van der Waals surface area contributed by atoms with E-state index in [1.807, 2.05) is 6.92 Å². The van der Waals surface area contributed by atoms with Crippen LogP contribution >= 0.6 is 0 Å². The summed E-state index contributed by atoms with van der Waals surface area (Å²) in [7, 11) is 0. The number of hydrogen-bond acceptors (Lipinski definition) is 6. The number of carbonyl (C=O) groups excluding carboxylic acids is 1. The fourth-order valence-corrected chi connectivity index (χ4v) is 17.7. The minimum atomic E-state index is -1.21. The van der Waals surface area contributed by atoms with Gasteiger partial charge < -0.3 is 25.5 Å². The smallest absolute Gasteiger partial charge is 0.159 e. The molecule has 6 saturated carbocycles. The number of allylic oxidation sites excluding steroid dienone is 3. The third-order valence-corrected chi connectivity index (χ3v) is 19.4. The van der Waals surface area contributed by atoms with Gasteiger partial charge in [-0.15, -0.1) is 0 Å². The Morgan fingerprint density at radius 3 is 2.36 bits per heavy atom. The lowest BCUT2D eigenvalue weighted by molar-refractivity contribution is -0.284. The summed E-state index contributed by atoms with van der Waals surface area (Å²) in [6.45, 7) is 8.66. The van der Waals surface area contributed by atoms with E-state index >= 15 is 4.79 Å². The van der Waals surface area contributed by atoms with Crippen LogP contribution in [0, 0.1) is 73.4 Å². The van der Waals surface area contributed by atoms with Gasteiger partial charge in [-0.2, -0.15) is 0 Å². The molecule has 0 heterocycles. The number of fused-ring (bicyclic) bond motifs is 4. The maximum absolute atomic E-state index is 15.9. The lowest BCUT2D eigenvalue weighted by atomic mass is 9.27. The Bertz CT molecular complexity index is 1940. The van der Waals surface area contributed by atoms with E-state index in [-0.39, 0.29) is 52.8 Å². The molecule has 0 radical (unpaired) electrons. The molecule has 15 unspecified atom stereocenters. The van der Waals surface area contributed by atoms with Gasteiger partial charge in [-0.3, -0.25) is 4.79 Å². The average molecular weight is 723 g/mol. The number of rotatable bonds is 3. The average Bonchev–Trinajstić information content (AvgIpc) is 3.50. The van der Waals surface area contributed by atoms with E-state index in [0.717, 1.165) is 57.8 Å². The summed E-state index contributed by atoms with van der Waals surface area (Å²) in [6.07, 6.45) is 19.6. The van der Waals surface area contributed by atoms with Gasteiger partial charge in [-0.05, 0) is 144 Å². The Morgan fingerprint density at radius 1 is 0.887 bits per heavy atom.